The number of halogens is 1. The van der Waals surface area contributed by atoms with Crippen LogP contribution >= 0.6 is 11.6 Å². The lowest BCUT2D eigenvalue weighted by atomic mass is 10.3. The van der Waals surface area contributed by atoms with Crippen LogP contribution < -0.4 is 4.74 Å². The van der Waals surface area contributed by atoms with Crippen LogP contribution in [0.2, 0.25) is 5.02 Å². The maximum atomic E-state index is 5.92. The Labute approximate surface area is 122 Å². The molecule has 1 atom stereocenters. The van der Waals surface area contributed by atoms with Crippen molar-refractivity contribution in [2.75, 3.05) is 0 Å². The third-order valence-corrected chi connectivity index (χ3v) is 3.56. The highest BCUT2D eigenvalue weighted by atomic mass is 35.5. The van der Waals surface area contributed by atoms with E-state index in [1.807, 2.05) is 56.4 Å². The van der Waals surface area contributed by atoms with Gasteiger partial charge in [0, 0.05) is 12.1 Å². The quantitative estimate of drug-likeness (QED) is 0.715. The molecule has 0 fully saturated rings. The first-order chi connectivity index (χ1) is 9.65. The average Bonchev–Trinajstić information content (AvgIpc) is 2.79. The molecule has 0 aliphatic rings. The van der Waals surface area contributed by atoms with E-state index in [-0.39, 0.29) is 6.10 Å². The fourth-order valence-corrected chi connectivity index (χ4v) is 2.42. The maximum Gasteiger partial charge on any atom is 0.153 e. The zero-order chi connectivity index (χ0) is 14.1. The van der Waals surface area contributed by atoms with Crippen molar-refractivity contribution < 1.29 is 4.74 Å². The van der Waals surface area contributed by atoms with Gasteiger partial charge in [-0.15, -0.1) is 0 Å². The first-order valence-electron chi connectivity index (χ1n) is 6.49. The minimum atomic E-state index is -0.131. The number of hydrogen-bond acceptors (Lipinski definition) is 2. The molecule has 20 heavy (non-hydrogen) atoms. The lowest BCUT2D eigenvalue weighted by Gasteiger charge is -2.14. The first kappa shape index (κ1) is 13.0. The van der Waals surface area contributed by atoms with Crippen LogP contribution in [0.1, 0.15) is 18.9 Å². The Morgan fingerprint density at radius 1 is 1.10 bits per heavy atom. The molecular weight excluding hydrogens is 272 g/mol. The zero-order valence-corrected chi connectivity index (χ0v) is 12.1. The standard InChI is InChI=1S/C16H15ClN2O/c1-11(20-13-9-7-12(17)8-10-13)16-18-14-5-3-4-6-15(14)19(16)2/h3-11H,1-2H3. The number of hydrogen-bond donors (Lipinski definition) is 0. The Morgan fingerprint density at radius 2 is 1.80 bits per heavy atom. The summed E-state index contributed by atoms with van der Waals surface area (Å²) in [6.07, 6.45) is -0.131. The molecule has 1 heterocycles. The SMILES string of the molecule is CC(Oc1ccc(Cl)cc1)c1nc2ccccc2n1C. The lowest BCUT2D eigenvalue weighted by Crippen LogP contribution is -2.09. The number of fused-ring (bicyclic) bond motifs is 1. The predicted molar refractivity (Wildman–Crippen MR) is 81.2 cm³/mol. The van der Waals surface area contributed by atoms with Gasteiger partial charge in [-0.25, -0.2) is 4.98 Å². The number of benzene rings is 2. The van der Waals surface area contributed by atoms with Crippen LogP contribution in [0.25, 0.3) is 11.0 Å². The Bertz CT molecular complexity index is 734. The van der Waals surface area contributed by atoms with Gasteiger partial charge in [0.2, 0.25) is 0 Å². The molecule has 102 valence electrons. The molecule has 1 aromatic heterocycles. The third-order valence-electron chi connectivity index (χ3n) is 3.31. The van der Waals surface area contributed by atoms with E-state index >= 15 is 0 Å². The van der Waals surface area contributed by atoms with E-state index in [4.69, 9.17) is 16.3 Å². The smallest absolute Gasteiger partial charge is 0.153 e. The van der Waals surface area contributed by atoms with Gasteiger partial charge in [0.15, 0.2) is 11.9 Å². The summed E-state index contributed by atoms with van der Waals surface area (Å²) >= 11 is 5.87. The van der Waals surface area contributed by atoms with Gasteiger partial charge < -0.3 is 9.30 Å². The van der Waals surface area contributed by atoms with Crippen molar-refractivity contribution in [1.29, 1.82) is 0 Å². The second kappa shape index (κ2) is 5.17. The van der Waals surface area contributed by atoms with Crippen LogP contribution in [0.5, 0.6) is 5.75 Å². The summed E-state index contributed by atoms with van der Waals surface area (Å²) in [5.41, 5.74) is 2.09. The van der Waals surface area contributed by atoms with E-state index in [2.05, 4.69) is 15.6 Å². The molecule has 0 amide bonds. The van der Waals surface area contributed by atoms with Gasteiger partial charge in [-0.3, -0.25) is 0 Å². The summed E-state index contributed by atoms with van der Waals surface area (Å²) in [5, 5.41) is 0.702. The Morgan fingerprint density at radius 3 is 2.50 bits per heavy atom. The van der Waals surface area contributed by atoms with Crippen LogP contribution in [-0.4, -0.2) is 9.55 Å². The first-order valence-corrected chi connectivity index (χ1v) is 6.86. The molecule has 3 aromatic rings. The monoisotopic (exact) mass is 286 g/mol. The van der Waals surface area contributed by atoms with E-state index in [9.17, 15) is 0 Å². The maximum absolute atomic E-state index is 5.92. The summed E-state index contributed by atoms with van der Waals surface area (Å²) in [6, 6.07) is 15.4. The summed E-state index contributed by atoms with van der Waals surface area (Å²) in [4.78, 5) is 4.64. The number of nitrogens with zero attached hydrogens (tertiary/aromatic N) is 2. The van der Waals surface area contributed by atoms with E-state index in [0.29, 0.717) is 5.02 Å². The van der Waals surface area contributed by atoms with Gasteiger partial charge in [0.05, 0.1) is 11.0 Å². The second-order valence-corrected chi connectivity index (χ2v) is 5.17. The molecule has 2 aromatic carbocycles. The minimum Gasteiger partial charge on any atom is -0.483 e. The number of aromatic nitrogens is 2. The number of rotatable bonds is 3. The van der Waals surface area contributed by atoms with Gasteiger partial charge >= 0.3 is 0 Å². The third kappa shape index (κ3) is 2.37. The van der Waals surface area contributed by atoms with Crippen molar-refractivity contribution in [2.24, 2.45) is 7.05 Å². The van der Waals surface area contributed by atoms with Crippen molar-refractivity contribution in [2.45, 2.75) is 13.0 Å². The highest BCUT2D eigenvalue weighted by Gasteiger charge is 2.15. The topological polar surface area (TPSA) is 27.1 Å². The van der Waals surface area contributed by atoms with E-state index in [1.165, 1.54) is 0 Å². The van der Waals surface area contributed by atoms with E-state index in [1.54, 1.807) is 0 Å². The molecule has 0 spiro atoms. The largest absolute Gasteiger partial charge is 0.483 e. The van der Waals surface area contributed by atoms with Crippen molar-refractivity contribution in [3.63, 3.8) is 0 Å². The van der Waals surface area contributed by atoms with Gasteiger partial charge in [0.25, 0.3) is 0 Å². The predicted octanol–water partition coefficient (Wildman–Crippen LogP) is 4.37. The molecule has 4 heteroatoms. The van der Waals surface area contributed by atoms with E-state index < -0.39 is 0 Å². The molecular formula is C16H15ClN2O. The van der Waals surface area contributed by atoms with Crippen molar-refractivity contribution >= 4 is 22.6 Å². The number of imidazole rings is 1. The van der Waals surface area contributed by atoms with Gasteiger partial charge in [0.1, 0.15) is 5.75 Å². The molecule has 3 rings (SSSR count). The molecule has 0 saturated heterocycles. The van der Waals surface area contributed by atoms with Crippen LogP contribution in [0.4, 0.5) is 0 Å². The molecule has 3 nitrogen and oxygen atoms in total. The molecule has 0 aliphatic carbocycles. The van der Waals surface area contributed by atoms with Crippen LogP contribution in [-0.2, 0) is 7.05 Å². The molecule has 1 unspecified atom stereocenters. The van der Waals surface area contributed by atoms with Gasteiger partial charge in [-0.05, 0) is 43.3 Å². The van der Waals surface area contributed by atoms with E-state index in [0.717, 1.165) is 22.6 Å². The van der Waals surface area contributed by atoms with Gasteiger partial charge in [-0.1, -0.05) is 23.7 Å². The second-order valence-electron chi connectivity index (χ2n) is 4.73. The fraction of sp³-hybridized carbons (Fsp3) is 0.188. The fourth-order valence-electron chi connectivity index (χ4n) is 2.30. The lowest BCUT2D eigenvalue weighted by molar-refractivity contribution is 0.213. The van der Waals surface area contributed by atoms with Crippen molar-refractivity contribution in [1.82, 2.24) is 9.55 Å². The molecule has 0 N–H and O–H groups in total. The Balaban J connectivity index is 1.90. The molecule has 0 bridgehead atoms. The summed E-state index contributed by atoms with van der Waals surface area (Å²) in [5.74, 6) is 1.69. The number of aryl methyl sites for hydroxylation is 1. The van der Waals surface area contributed by atoms with Crippen molar-refractivity contribution in [3.8, 4) is 5.75 Å². The van der Waals surface area contributed by atoms with Crippen LogP contribution in [0.3, 0.4) is 0 Å². The summed E-state index contributed by atoms with van der Waals surface area (Å²) < 4.78 is 7.99. The number of ether oxygens (including phenoxy) is 1. The molecule has 0 radical (unpaired) electrons. The number of para-hydroxylation sites is 2. The average molecular weight is 287 g/mol. The Kier molecular flexibility index (Phi) is 3.36. The summed E-state index contributed by atoms with van der Waals surface area (Å²) in [6.45, 7) is 2.00. The normalized spacial score (nSPS) is 12.6. The molecule has 0 saturated carbocycles. The highest BCUT2D eigenvalue weighted by molar-refractivity contribution is 6.30. The zero-order valence-electron chi connectivity index (χ0n) is 11.4. The minimum absolute atomic E-state index is 0.131. The highest BCUT2D eigenvalue weighted by Crippen LogP contribution is 2.25. The molecule has 0 aliphatic heterocycles. The van der Waals surface area contributed by atoms with Crippen molar-refractivity contribution in [3.05, 3.63) is 59.4 Å². The Hall–Kier alpha value is -2.00. The van der Waals surface area contributed by atoms with Crippen LogP contribution in [0.15, 0.2) is 48.5 Å². The van der Waals surface area contributed by atoms with Crippen LogP contribution in [0, 0.1) is 0 Å². The summed E-state index contributed by atoms with van der Waals surface area (Å²) in [7, 11) is 2.01. The van der Waals surface area contributed by atoms with Gasteiger partial charge in [-0.2, -0.15) is 0 Å².